The van der Waals surface area contributed by atoms with E-state index in [1.165, 1.54) is 6.26 Å². The molecule has 1 N–H and O–H groups in total. The maximum Gasteiger partial charge on any atom is 0.154 e. The molecule has 4 nitrogen and oxygen atoms in total. The van der Waals surface area contributed by atoms with Crippen molar-refractivity contribution in [3.05, 3.63) is 36.0 Å². The third-order valence-corrected chi connectivity index (χ3v) is 7.10. The van der Waals surface area contributed by atoms with Crippen molar-refractivity contribution in [2.24, 2.45) is 0 Å². The second-order valence-corrected chi connectivity index (χ2v) is 8.46. The van der Waals surface area contributed by atoms with Crippen LogP contribution in [0.3, 0.4) is 0 Å². The van der Waals surface area contributed by atoms with E-state index in [0.29, 0.717) is 19.4 Å². The molecule has 0 saturated carbocycles. The molecule has 23 heavy (non-hydrogen) atoms. The number of anilines is 1. The smallest absolute Gasteiger partial charge is 0.154 e. The normalized spacial score (nSPS) is 12.5. The van der Waals surface area contributed by atoms with Crippen molar-refractivity contribution in [2.75, 3.05) is 18.1 Å². The van der Waals surface area contributed by atoms with Crippen LogP contribution in [0.5, 0.6) is 0 Å². The lowest BCUT2D eigenvalue weighted by Crippen LogP contribution is -2.43. The molecule has 0 saturated heterocycles. The molecule has 0 spiro atoms. The lowest BCUT2D eigenvalue weighted by Gasteiger charge is -2.30. The Hall–Kier alpha value is -1.62. The highest BCUT2D eigenvalue weighted by Gasteiger charge is 2.37. The fourth-order valence-corrected chi connectivity index (χ4v) is 4.35. The minimum atomic E-state index is -3.14. The zero-order valence-electron chi connectivity index (χ0n) is 14.4. The van der Waals surface area contributed by atoms with Crippen molar-refractivity contribution < 1.29 is 8.42 Å². The number of rotatable bonds is 7. The summed E-state index contributed by atoms with van der Waals surface area (Å²) in [7, 11) is -3.14. The molecule has 1 aromatic heterocycles. The molecule has 0 aliphatic heterocycles. The van der Waals surface area contributed by atoms with Crippen LogP contribution in [0, 0.1) is 0 Å². The van der Waals surface area contributed by atoms with Crippen LogP contribution in [-0.2, 0) is 16.3 Å². The predicted molar refractivity (Wildman–Crippen MR) is 97.8 cm³/mol. The van der Waals surface area contributed by atoms with Gasteiger partial charge in [-0.05, 0) is 31.4 Å². The van der Waals surface area contributed by atoms with Gasteiger partial charge >= 0.3 is 0 Å². The summed E-state index contributed by atoms with van der Waals surface area (Å²) in [6.45, 7) is 6.36. The number of hydrogen-bond donors (Lipinski definition) is 1. The monoisotopic (exact) mass is 334 g/mol. The van der Waals surface area contributed by atoms with Gasteiger partial charge in [-0.15, -0.1) is 0 Å². The standard InChI is InChI=1S/C18H26N2O2S/c1-5-14-12-17(15-10-8-9-11-16(15)20-14)19-13-18(6-2,7-3)23(4,21)22/h8-12H,5-7,13H2,1-4H3,(H,19,20). The maximum atomic E-state index is 12.3. The summed E-state index contributed by atoms with van der Waals surface area (Å²) in [5.74, 6) is 0. The summed E-state index contributed by atoms with van der Waals surface area (Å²) in [4.78, 5) is 4.63. The number of para-hydroxylation sites is 1. The van der Waals surface area contributed by atoms with Gasteiger partial charge in [0.05, 0.1) is 10.3 Å². The zero-order chi connectivity index (χ0) is 17.1. The highest BCUT2D eigenvalue weighted by atomic mass is 32.2. The van der Waals surface area contributed by atoms with Crippen molar-refractivity contribution >= 4 is 26.4 Å². The van der Waals surface area contributed by atoms with E-state index >= 15 is 0 Å². The van der Waals surface area contributed by atoms with Gasteiger partial charge in [-0.2, -0.15) is 0 Å². The van der Waals surface area contributed by atoms with Gasteiger partial charge in [0.1, 0.15) is 0 Å². The van der Waals surface area contributed by atoms with Crippen molar-refractivity contribution in [3.8, 4) is 0 Å². The Bertz CT molecular complexity index is 781. The van der Waals surface area contributed by atoms with Crippen LogP contribution in [0.15, 0.2) is 30.3 Å². The number of hydrogen-bond acceptors (Lipinski definition) is 4. The van der Waals surface area contributed by atoms with Crippen molar-refractivity contribution in [1.82, 2.24) is 4.98 Å². The average molecular weight is 334 g/mol. The SMILES string of the molecule is CCc1cc(NCC(CC)(CC)S(C)(=O)=O)c2ccccc2n1. The molecular weight excluding hydrogens is 308 g/mol. The molecule has 2 aromatic rings. The van der Waals surface area contributed by atoms with Crippen LogP contribution in [0.25, 0.3) is 10.9 Å². The number of aromatic nitrogens is 1. The summed E-state index contributed by atoms with van der Waals surface area (Å²) in [6, 6.07) is 9.98. The molecule has 0 bridgehead atoms. The molecule has 126 valence electrons. The summed E-state index contributed by atoms with van der Waals surface area (Å²) in [5.41, 5.74) is 2.90. The van der Waals surface area contributed by atoms with Crippen LogP contribution in [-0.4, -0.2) is 30.9 Å². The van der Waals surface area contributed by atoms with E-state index in [1.54, 1.807) is 0 Å². The van der Waals surface area contributed by atoms with Crippen LogP contribution in [0.2, 0.25) is 0 Å². The number of nitrogens with one attached hydrogen (secondary N) is 1. The van der Waals surface area contributed by atoms with Crippen LogP contribution < -0.4 is 5.32 Å². The number of benzene rings is 1. The van der Waals surface area contributed by atoms with Crippen LogP contribution in [0.1, 0.15) is 39.3 Å². The van der Waals surface area contributed by atoms with Crippen molar-refractivity contribution in [3.63, 3.8) is 0 Å². The summed E-state index contributed by atoms with van der Waals surface area (Å²) >= 11 is 0. The first-order chi connectivity index (χ1) is 10.9. The molecule has 2 rings (SSSR count). The largest absolute Gasteiger partial charge is 0.383 e. The van der Waals surface area contributed by atoms with Gasteiger partial charge in [-0.25, -0.2) is 8.42 Å². The third-order valence-electron chi connectivity index (χ3n) is 4.81. The number of aryl methyl sites for hydroxylation is 1. The molecular formula is C18H26N2O2S. The lowest BCUT2D eigenvalue weighted by molar-refractivity contribution is 0.499. The molecule has 0 radical (unpaired) electrons. The van der Waals surface area contributed by atoms with Gasteiger partial charge in [0.15, 0.2) is 9.84 Å². The summed E-state index contributed by atoms with van der Waals surface area (Å²) in [6.07, 6.45) is 3.38. The Morgan fingerprint density at radius 1 is 1.13 bits per heavy atom. The number of nitrogens with zero attached hydrogens (tertiary/aromatic N) is 1. The molecule has 1 heterocycles. The molecule has 0 aliphatic rings. The van der Waals surface area contributed by atoms with E-state index in [4.69, 9.17) is 0 Å². The fraction of sp³-hybridized carbons (Fsp3) is 0.500. The predicted octanol–water partition coefficient (Wildman–Crippen LogP) is 3.81. The van der Waals surface area contributed by atoms with Crippen molar-refractivity contribution in [1.29, 1.82) is 0 Å². The number of pyridine rings is 1. The van der Waals surface area contributed by atoms with Gasteiger partial charge in [-0.1, -0.05) is 39.0 Å². The Kier molecular flexibility index (Phi) is 5.30. The zero-order valence-corrected chi connectivity index (χ0v) is 15.2. The van der Waals surface area contributed by atoms with Gasteiger partial charge in [0.2, 0.25) is 0 Å². The molecule has 0 aliphatic carbocycles. The van der Waals surface area contributed by atoms with E-state index in [1.807, 2.05) is 44.2 Å². The molecule has 0 atom stereocenters. The van der Waals surface area contributed by atoms with E-state index in [9.17, 15) is 8.42 Å². The summed E-state index contributed by atoms with van der Waals surface area (Å²) in [5, 5.41) is 4.42. The second kappa shape index (κ2) is 6.87. The van der Waals surface area contributed by atoms with E-state index < -0.39 is 14.6 Å². The topological polar surface area (TPSA) is 59.1 Å². The molecule has 5 heteroatoms. The minimum Gasteiger partial charge on any atom is -0.383 e. The quantitative estimate of drug-likeness (QED) is 0.836. The fourth-order valence-electron chi connectivity index (χ4n) is 2.97. The van der Waals surface area contributed by atoms with Crippen LogP contribution >= 0.6 is 0 Å². The maximum absolute atomic E-state index is 12.3. The number of fused-ring (bicyclic) bond motifs is 1. The van der Waals surface area contributed by atoms with Gasteiger partial charge < -0.3 is 5.32 Å². The average Bonchev–Trinajstić information content (AvgIpc) is 2.54. The molecule has 0 amide bonds. The van der Waals surface area contributed by atoms with E-state index in [0.717, 1.165) is 28.7 Å². The molecule has 0 unspecified atom stereocenters. The van der Waals surface area contributed by atoms with Gasteiger partial charge in [0.25, 0.3) is 0 Å². The Morgan fingerprint density at radius 3 is 2.35 bits per heavy atom. The van der Waals surface area contributed by atoms with E-state index in [-0.39, 0.29) is 0 Å². The van der Waals surface area contributed by atoms with E-state index in [2.05, 4.69) is 17.2 Å². The highest BCUT2D eigenvalue weighted by Crippen LogP contribution is 2.29. The lowest BCUT2D eigenvalue weighted by atomic mass is 10.0. The summed E-state index contributed by atoms with van der Waals surface area (Å²) < 4.78 is 23.8. The highest BCUT2D eigenvalue weighted by molar-refractivity contribution is 7.92. The van der Waals surface area contributed by atoms with Gasteiger partial charge in [0, 0.05) is 29.6 Å². The Labute approximate surface area is 139 Å². The Balaban J connectivity index is 2.42. The molecule has 1 aromatic carbocycles. The van der Waals surface area contributed by atoms with Gasteiger partial charge in [-0.3, -0.25) is 4.98 Å². The number of sulfone groups is 1. The first-order valence-corrected chi connectivity index (χ1v) is 10.1. The Morgan fingerprint density at radius 2 is 1.78 bits per heavy atom. The van der Waals surface area contributed by atoms with Crippen molar-refractivity contribution in [2.45, 2.75) is 44.8 Å². The van der Waals surface area contributed by atoms with Crippen LogP contribution in [0.4, 0.5) is 5.69 Å². The minimum absolute atomic E-state index is 0.413. The second-order valence-electron chi connectivity index (χ2n) is 6.05. The first kappa shape index (κ1) is 17.7. The third kappa shape index (κ3) is 3.50. The first-order valence-electron chi connectivity index (χ1n) is 8.19. The molecule has 0 fully saturated rings.